The van der Waals surface area contributed by atoms with Crippen LogP contribution in [0.5, 0.6) is 11.6 Å². The molecule has 5 nitrogen and oxygen atoms in total. The average molecular weight is 288 g/mol. The molecule has 0 unspecified atom stereocenters. The monoisotopic (exact) mass is 288 g/mol. The molecule has 3 aromatic rings. The van der Waals surface area contributed by atoms with E-state index in [9.17, 15) is 0 Å². The molecular weight excluding hydrogens is 276 g/mol. The van der Waals surface area contributed by atoms with Crippen LogP contribution < -0.4 is 4.74 Å². The number of hydrogen-bond acceptors (Lipinski definition) is 5. The summed E-state index contributed by atoms with van der Waals surface area (Å²) in [6, 6.07) is 16.7. The first-order valence-corrected chi connectivity index (χ1v) is 6.69. The molecule has 106 valence electrons. The average Bonchev–Trinajstić information content (AvgIpc) is 2.56. The van der Waals surface area contributed by atoms with Gasteiger partial charge in [-0.05, 0) is 37.3 Å². The summed E-state index contributed by atoms with van der Waals surface area (Å²) in [5.41, 5.74) is 2.59. The molecular formula is C17H12N4O. The molecule has 3 rings (SSSR count). The van der Waals surface area contributed by atoms with Gasteiger partial charge in [-0.3, -0.25) is 0 Å². The van der Waals surface area contributed by atoms with Crippen LogP contribution in [-0.2, 0) is 0 Å². The van der Waals surface area contributed by atoms with Crippen molar-refractivity contribution in [2.75, 3.05) is 0 Å². The fourth-order valence-corrected chi connectivity index (χ4v) is 1.96. The molecule has 0 atom stereocenters. The zero-order valence-electron chi connectivity index (χ0n) is 11.9. The minimum absolute atomic E-state index is 0.358. The zero-order valence-corrected chi connectivity index (χ0v) is 11.9. The highest BCUT2D eigenvalue weighted by molar-refractivity contribution is 5.55. The van der Waals surface area contributed by atoms with E-state index in [1.165, 1.54) is 6.20 Å². The van der Waals surface area contributed by atoms with E-state index in [2.05, 4.69) is 21.3 Å². The summed E-state index contributed by atoms with van der Waals surface area (Å²) >= 11 is 0. The Labute approximate surface area is 127 Å². The van der Waals surface area contributed by atoms with Gasteiger partial charge in [0, 0.05) is 5.56 Å². The van der Waals surface area contributed by atoms with Crippen molar-refractivity contribution < 1.29 is 4.74 Å². The van der Waals surface area contributed by atoms with Crippen molar-refractivity contribution in [2.24, 2.45) is 0 Å². The summed E-state index contributed by atoms with van der Waals surface area (Å²) in [7, 11) is 0. The van der Waals surface area contributed by atoms with Crippen molar-refractivity contribution in [2.45, 2.75) is 6.92 Å². The Morgan fingerprint density at radius 2 is 1.91 bits per heavy atom. The maximum Gasteiger partial charge on any atom is 0.241 e. The number of nitriles is 1. The number of hydrogen-bond donors (Lipinski definition) is 0. The number of aryl methyl sites for hydroxylation is 1. The van der Waals surface area contributed by atoms with E-state index < -0.39 is 0 Å². The standard InChI is InChI=1S/C17H12N4O/c1-12-3-2-4-14(9-12)17-20-16(11-19-21-17)22-15-7-5-13(10-18)6-8-15/h2-9,11H,1H3. The van der Waals surface area contributed by atoms with Crippen LogP contribution in [0.15, 0.2) is 54.7 Å². The molecule has 1 aromatic heterocycles. The van der Waals surface area contributed by atoms with Crippen LogP contribution in [0, 0.1) is 18.3 Å². The van der Waals surface area contributed by atoms with Gasteiger partial charge in [0.1, 0.15) is 11.9 Å². The highest BCUT2D eigenvalue weighted by Crippen LogP contribution is 2.22. The molecule has 0 fully saturated rings. The van der Waals surface area contributed by atoms with Gasteiger partial charge in [0.25, 0.3) is 0 Å². The van der Waals surface area contributed by atoms with Crippen molar-refractivity contribution in [1.29, 1.82) is 5.26 Å². The van der Waals surface area contributed by atoms with Crippen molar-refractivity contribution >= 4 is 0 Å². The lowest BCUT2D eigenvalue weighted by Crippen LogP contribution is -1.96. The summed E-state index contributed by atoms with van der Waals surface area (Å²) in [6.45, 7) is 2.01. The van der Waals surface area contributed by atoms with Gasteiger partial charge in [-0.2, -0.15) is 15.3 Å². The lowest BCUT2D eigenvalue weighted by molar-refractivity contribution is 0.458. The second-order valence-electron chi connectivity index (χ2n) is 4.73. The third-order valence-electron chi connectivity index (χ3n) is 3.02. The van der Waals surface area contributed by atoms with Crippen LogP contribution in [0.4, 0.5) is 0 Å². The van der Waals surface area contributed by atoms with Crippen LogP contribution >= 0.6 is 0 Å². The van der Waals surface area contributed by atoms with Crippen molar-refractivity contribution in [3.63, 3.8) is 0 Å². The molecule has 2 aromatic carbocycles. The molecule has 22 heavy (non-hydrogen) atoms. The van der Waals surface area contributed by atoms with Crippen LogP contribution in [0.25, 0.3) is 11.4 Å². The largest absolute Gasteiger partial charge is 0.437 e. The van der Waals surface area contributed by atoms with Gasteiger partial charge in [0.15, 0.2) is 5.82 Å². The van der Waals surface area contributed by atoms with Gasteiger partial charge in [0.05, 0.1) is 11.6 Å². The molecule has 0 spiro atoms. The lowest BCUT2D eigenvalue weighted by Gasteiger charge is -2.05. The predicted molar refractivity (Wildman–Crippen MR) is 81.2 cm³/mol. The molecule has 0 amide bonds. The number of nitrogens with zero attached hydrogens (tertiary/aromatic N) is 4. The minimum Gasteiger partial charge on any atom is -0.437 e. The maximum absolute atomic E-state index is 8.78. The summed E-state index contributed by atoms with van der Waals surface area (Å²) in [6.07, 6.45) is 1.46. The summed E-state index contributed by atoms with van der Waals surface area (Å²) in [4.78, 5) is 4.36. The van der Waals surface area contributed by atoms with E-state index in [4.69, 9.17) is 10.00 Å². The molecule has 1 heterocycles. The molecule has 0 aliphatic carbocycles. The highest BCUT2D eigenvalue weighted by atomic mass is 16.5. The topological polar surface area (TPSA) is 71.7 Å². The first-order chi connectivity index (χ1) is 10.7. The second-order valence-corrected chi connectivity index (χ2v) is 4.73. The molecule has 0 bridgehead atoms. The molecule has 0 saturated carbocycles. The van der Waals surface area contributed by atoms with Gasteiger partial charge >= 0.3 is 0 Å². The van der Waals surface area contributed by atoms with Gasteiger partial charge in [-0.25, -0.2) is 0 Å². The molecule has 5 heteroatoms. The number of ether oxygens (including phenoxy) is 1. The Kier molecular flexibility index (Phi) is 3.75. The molecule has 0 radical (unpaired) electrons. The smallest absolute Gasteiger partial charge is 0.241 e. The number of aromatic nitrogens is 3. The molecule has 0 aliphatic heterocycles. The van der Waals surface area contributed by atoms with Gasteiger partial charge in [-0.15, -0.1) is 5.10 Å². The van der Waals surface area contributed by atoms with Crippen LogP contribution in [0.2, 0.25) is 0 Å². The molecule has 0 N–H and O–H groups in total. The molecule has 0 aliphatic rings. The van der Waals surface area contributed by atoms with Crippen LogP contribution in [0.1, 0.15) is 11.1 Å². The van der Waals surface area contributed by atoms with E-state index in [-0.39, 0.29) is 0 Å². The Hall–Kier alpha value is -3.26. The second kappa shape index (κ2) is 6.02. The predicted octanol–water partition coefficient (Wildman–Crippen LogP) is 3.51. The Morgan fingerprint density at radius 1 is 1.09 bits per heavy atom. The minimum atomic E-state index is 0.358. The van der Waals surface area contributed by atoms with E-state index in [1.54, 1.807) is 24.3 Å². The number of rotatable bonds is 3. The van der Waals surface area contributed by atoms with Crippen LogP contribution in [0.3, 0.4) is 0 Å². The normalized spacial score (nSPS) is 10.0. The first kappa shape index (κ1) is 13.7. The Morgan fingerprint density at radius 3 is 2.64 bits per heavy atom. The van der Waals surface area contributed by atoms with E-state index >= 15 is 0 Å². The van der Waals surface area contributed by atoms with Crippen molar-refractivity contribution in [1.82, 2.24) is 15.2 Å². The fourth-order valence-electron chi connectivity index (χ4n) is 1.96. The van der Waals surface area contributed by atoms with Crippen molar-refractivity contribution in [3.05, 3.63) is 65.9 Å². The highest BCUT2D eigenvalue weighted by Gasteiger charge is 2.06. The van der Waals surface area contributed by atoms with Crippen LogP contribution in [-0.4, -0.2) is 15.2 Å². The number of benzene rings is 2. The Balaban J connectivity index is 1.86. The van der Waals surface area contributed by atoms with E-state index in [0.717, 1.165) is 11.1 Å². The van der Waals surface area contributed by atoms with E-state index in [1.807, 2.05) is 31.2 Å². The third kappa shape index (κ3) is 3.07. The maximum atomic E-state index is 8.78. The first-order valence-electron chi connectivity index (χ1n) is 6.69. The van der Waals surface area contributed by atoms with Crippen molar-refractivity contribution in [3.8, 4) is 29.1 Å². The SMILES string of the molecule is Cc1cccc(-c2nncc(Oc3ccc(C#N)cc3)n2)c1. The van der Waals surface area contributed by atoms with Gasteiger partial charge in [0.2, 0.25) is 5.88 Å². The van der Waals surface area contributed by atoms with Gasteiger partial charge < -0.3 is 4.74 Å². The lowest BCUT2D eigenvalue weighted by atomic mass is 10.1. The molecule has 0 saturated heterocycles. The zero-order chi connectivity index (χ0) is 15.4. The fraction of sp³-hybridized carbons (Fsp3) is 0.0588. The van der Waals surface area contributed by atoms with Gasteiger partial charge in [-0.1, -0.05) is 23.8 Å². The summed E-state index contributed by atoms with van der Waals surface area (Å²) in [5, 5.41) is 16.7. The van der Waals surface area contributed by atoms with E-state index in [0.29, 0.717) is 23.0 Å². The summed E-state index contributed by atoms with van der Waals surface area (Å²) in [5.74, 6) is 1.46. The quantitative estimate of drug-likeness (QED) is 0.737. The Bertz CT molecular complexity index is 838. The summed E-state index contributed by atoms with van der Waals surface area (Å²) < 4.78 is 5.65. The third-order valence-corrected chi connectivity index (χ3v) is 3.02.